The monoisotopic (exact) mass is 355 g/mol. The van der Waals surface area contributed by atoms with Gasteiger partial charge in [-0.05, 0) is 38.0 Å². The molecule has 2 aliphatic rings. The Balaban J connectivity index is 1.87. The van der Waals surface area contributed by atoms with Crippen molar-refractivity contribution >= 4 is 10.0 Å². The van der Waals surface area contributed by atoms with Crippen molar-refractivity contribution in [1.29, 1.82) is 0 Å². The fourth-order valence-electron chi connectivity index (χ4n) is 3.44. The second-order valence-corrected chi connectivity index (χ2v) is 8.33. The summed E-state index contributed by atoms with van der Waals surface area (Å²) in [5.41, 5.74) is 0.290. The second kappa shape index (κ2) is 7.09. The summed E-state index contributed by atoms with van der Waals surface area (Å²) in [6.45, 7) is 6.39. The van der Waals surface area contributed by atoms with Gasteiger partial charge in [-0.25, -0.2) is 8.42 Å². The van der Waals surface area contributed by atoms with Gasteiger partial charge in [-0.1, -0.05) is 12.1 Å². The number of morpholine rings is 1. The van der Waals surface area contributed by atoms with Crippen molar-refractivity contribution in [2.75, 3.05) is 39.6 Å². The maximum Gasteiger partial charge on any atom is 0.243 e. The van der Waals surface area contributed by atoms with E-state index in [9.17, 15) is 8.42 Å². The minimum atomic E-state index is -3.59. The predicted molar refractivity (Wildman–Crippen MR) is 89.5 cm³/mol. The predicted octanol–water partition coefficient (Wildman–Crippen LogP) is 1.58. The van der Waals surface area contributed by atoms with Crippen molar-refractivity contribution in [2.24, 2.45) is 0 Å². The number of hydrogen-bond acceptors (Lipinski definition) is 5. The summed E-state index contributed by atoms with van der Waals surface area (Å²) in [7, 11) is -3.59. The van der Waals surface area contributed by atoms with Crippen molar-refractivity contribution in [3.8, 4) is 0 Å². The highest BCUT2D eigenvalue weighted by atomic mass is 32.2. The maximum atomic E-state index is 13.2. The van der Waals surface area contributed by atoms with Gasteiger partial charge in [-0.15, -0.1) is 0 Å². The van der Waals surface area contributed by atoms with Crippen molar-refractivity contribution in [1.82, 2.24) is 4.31 Å². The van der Waals surface area contributed by atoms with Crippen molar-refractivity contribution in [3.05, 3.63) is 29.8 Å². The van der Waals surface area contributed by atoms with Crippen LogP contribution in [-0.4, -0.2) is 63.9 Å². The molecule has 2 heterocycles. The van der Waals surface area contributed by atoms with Crippen molar-refractivity contribution < 1.29 is 22.6 Å². The van der Waals surface area contributed by atoms with E-state index in [2.05, 4.69) is 0 Å². The zero-order valence-electron chi connectivity index (χ0n) is 14.2. The molecule has 7 heteroatoms. The first-order chi connectivity index (χ1) is 11.5. The molecule has 1 aromatic carbocycles. The minimum absolute atomic E-state index is 0.0955. The van der Waals surface area contributed by atoms with Crippen LogP contribution in [-0.2, 0) is 24.2 Å². The Labute approximate surface area is 143 Å². The number of ether oxygens (including phenoxy) is 3. The van der Waals surface area contributed by atoms with E-state index in [1.54, 1.807) is 22.5 Å². The molecule has 2 aliphatic heterocycles. The van der Waals surface area contributed by atoms with Gasteiger partial charge in [0.2, 0.25) is 10.0 Å². The summed E-state index contributed by atoms with van der Waals surface area (Å²) < 4.78 is 44.9. The molecule has 0 N–H and O–H groups in total. The van der Waals surface area contributed by atoms with E-state index in [0.717, 1.165) is 5.56 Å². The lowest BCUT2D eigenvalue weighted by Crippen LogP contribution is -2.59. The topological polar surface area (TPSA) is 65.1 Å². The largest absolute Gasteiger partial charge is 0.379 e. The van der Waals surface area contributed by atoms with Gasteiger partial charge in [-0.3, -0.25) is 0 Å². The zero-order valence-corrected chi connectivity index (χ0v) is 15.0. The first kappa shape index (κ1) is 17.8. The zero-order chi connectivity index (χ0) is 17.2. The summed E-state index contributed by atoms with van der Waals surface area (Å²) in [5.74, 6) is 0. The first-order valence-corrected chi connectivity index (χ1v) is 9.78. The molecule has 0 saturated carbocycles. The van der Waals surface area contributed by atoms with E-state index >= 15 is 0 Å². The van der Waals surface area contributed by atoms with Gasteiger partial charge in [-0.2, -0.15) is 4.31 Å². The molecule has 6 nitrogen and oxygen atoms in total. The molecule has 24 heavy (non-hydrogen) atoms. The number of hydrogen-bond donors (Lipinski definition) is 0. The second-order valence-electron chi connectivity index (χ2n) is 6.47. The molecule has 0 radical (unpaired) electrons. The quantitative estimate of drug-likeness (QED) is 0.802. The van der Waals surface area contributed by atoms with Gasteiger partial charge in [0.05, 0.1) is 43.0 Å². The van der Waals surface area contributed by atoms with Crippen LogP contribution in [0.15, 0.2) is 29.2 Å². The minimum Gasteiger partial charge on any atom is -0.379 e. The number of benzene rings is 1. The average molecular weight is 355 g/mol. The van der Waals surface area contributed by atoms with Crippen LogP contribution in [0.25, 0.3) is 0 Å². The van der Waals surface area contributed by atoms with E-state index in [4.69, 9.17) is 14.2 Å². The van der Waals surface area contributed by atoms with E-state index < -0.39 is 15.6 Å². The average Bonchev–Trinajstić information content (AvgIpc) is 2.96. The number of rotatable bonds is 5. The Hall–Kier alpha value is -0.990. The summed E-state index contributed by atoms with van der Waals surface area (Å²) in [4.78, 5) is 0.331. The number of sulfonamides is 1. The molecule has 0 unspecified atom stereocenters. The van der Waals surface area contributed by atoms with E-state index in [0.29, 0.717) is 50.9 Å². The third-order valence-corrected chi connectivity index (χ3v) is 6.62. The SMILES string of the molecule is CCOC[C@@H]1C[C@]2(COCCN2S(=O)(=O)c2cccc(C)c2)CO1. The lowest BCUT2D eigenvalue weighted by Gasteiger charge is -2.42. The normalized spacial score (nSPS) is 28.5. The van der Waals surface area contributed by atoms with E-state index in [-0.39, 0.29) is 6.10 Å². The highest BCUT2D eigenvalue weighted by Crippen LogP contribution is 2.37. The fourth-order valence-corrected chi connectivity index (χ4v) is 5.29. The summed E-state index contributed by atoms with van der Waals surface area (Å²) in [6.07, 6.45) is 0.500. The molecular weight excluding hydrogens is 330 g/mol. The van der Waals surface area contributed by atoms with E-state index in [1.165, 1.54) is 0 Å². The molecule has 0 aromatic heterocycles. The molecule has 2 atom stereocenters. The van der Waals surface area contributed by atoms with Crippen LogP contribution in [0.2, 0.25) is 0 Å². The Bertz CT molecular complexity index is 677. The van der Waals surface area contributed by atoms with Crippen molar-refractivity contribution in [3.63, 3.8) is 0 Å². The van der Waals surface area contributed by atoms with Gasteiger partial charge in [0, 0.05) is 13.2 Å². The maximum absolute atomic E-state index is 13.2. The molecule has 134 valence electrons. The van der Waals surface area contributed by atoms with Crippen LogP contribution in [0.5, 0.6) is 0 Å². The van der Waals surface area contributed by atoms with Gasteiger partial charge in [0.15, 0.2) is 0 Å². The van der Waals surface area contributed by atoms with Gasteiger partial charge < -0.3 is 14.2 Å². The van der Waals surface area contributed by atoms with Crippen molar-refractivity contribution in [2.45, 2.75) is 36.8 Å². The van der Waals surface area contributed by atoms with Crippen LogP contribution in [0.3, 0.4) is 0 Å². The Kier molecular flexibility index (Phi) is 5.27. The molecule has 0 bridgehead atoms. The highest BCUT2D eigenvalue weighted by Gasteiger charge is 2.51. The number of nitrogens with zero attached hydrogens (tertiary/aromatic N) is 1. The molecule has 0 aliphatic carbocycles. The standard InChI is InChI=1S/C17H25NO5S/c1-3-21-11-15-10-17(13-23-15)12-22-8-7-18(17)24(19,20)16-6-4-5-14(2)9-16/h4-6,9,15H,3,7-8,10-13H2,1-2H3/t15-,17-/m0/s1. The Morgan fingerprint density at radius 3 is 2.96 bits per heavy atom. The van der Waals surface area contributed by atoms with Crippen LogP contribution >= 0.6 is 0 Å². The lowest BCUT2D eigenvalue weighted by atomic mass is 9.96. The van der Waals surface area contributed by atoms with E-state index in [1.807, 2.05) is 19.9 Å². The molecule has 3 rings (SSSR count). The third kappa shape index (κ3) is 3.36. The van der Waals surface area contributed by atoms with Gasteiger partial charge >= 0.3 is 0 Å². The summed E-state index contributed by atoms with van der Waals surface area (Å²) in [6, 6.07) is 7.04. The molecular formula is C17H25NO5S. The molecule has 1 spiro atoms. The van der Waals surface area contributed by atoms with Gasteiger partial charge in [0.1, 0.15) is 0 Å². The molecule has 0 amide bonds. The molecule has 2 fully saturated rings. The molecule has 1 aromatic rings. The fraction of sp³-hybridized carbons (Fsp3) is 0.647. The van der Waals surface area contributed by atoms with Crippen LogP contribution in [0.4, 0.5) is 0 Å². The third-order valence-electron chi connectivity index (χ3n) is 4.62. The van der Waals surface area contributed by atoms with Crippen LogP contribution in [0, 0.1) is 6.92 Å². The lowest BCUT2D eigenvalue weighted by molar-refractivity contribution is -0.0315. The number of aryl methyl sites for hydroxylation is 1. The summed E-state index contributed by atoms with van der Waals surface area (Å²) >= 11 is 0. The molecule has 2 saturated heterocycles. The smallest absolute Gasteiger partial charge is 0.243 e. The van der Waals surface area contributed by atoms with Crippen LogP contribution < -0.4 is 0 Å². The Morgan fingerprint density at radius 2 is 2.21 bits per heavy atom. The summed E-state index contributed by atoms with van der Waals surface area (Å²) in [5, 5.41) is 0. The van der Waals surface area contributed by atoms with Gasteiger partial charge in [0.25, 0.3) is 0 Å². The first-order valence-electron chi connectivity index (χ1n) is 8.34. The van der Waals surface area contributed by atoms with Crippen LogP contribution in [0.1, 0.15) is 18.9 Å². The highest BCUT2D eigenvalue weighted by molar-refractivity contribution is 7.89. The Morgan fingerprint density at radius 1 is 1.38 bits per heavy atom.